The Morgan fingerprint density at radius 3 is 2.58 bits per heavy atom. The maximum absolute atomic E-state index is 12.1. The minimum Gasteiger partial charge on any atom is -0.399 e. The predicted molar refractivity (Wildman–Crippen MR) is 79.5 cm³/mol. The summed E-state index contributed by atoms with van der Waals surface area (Å²) in [6.45, 7) is 3.72. The number of nitrogen functional groups attached to an aromatic ring is 1. The van der Waals surface area contributed by atoms with Gasteiger partial charge in [0.2, 0.25) is 5.91 Å². The molecular formula is C16H22N2O. The number of likely N-dealkylation sites (N-methyl/N-ethyl adjacent to an activating group) is 1. The number of nitrogens with zero attached hydrogens (tertiary/aromatic N) is 1. The van der Waals surface area contributed by atoms with Crippen LogP contribution in [0.3, 0.4) is 0 Å². The van der Waals surface area contributed by atoms with Gasteiger partial charge in [-0.2, -0.15) is 0 Å². The van der Waals surface area contributed by atoms with Crippen LogP contribution in [0.5, 0.6) is 0 Å². The van der Waals surface area contributed by atoms with Crippen molar-refractivity contribution in [3.8, 4) is 0 Å². The van der Waals surface area contributed by atoms with Crippen molar-refractivity contribution < 1.29 is 4.79 Å². The van der Waals surface area contributed by atoms with Gasteiger partial charge in [-0.3, -0.25) is 4.79 Å². The molecule has 0 aliphatic heterocycles. The topological polar surface area (TPSA) is 46.3 Å². The Balaban J connectivity index is 1.92. The third-order valence-electron chi connectivity index (χ3n) is 3.75. The molecule has 1 saturated carbocycles. The van der Waals surface area contributed by atoms with Gasteiger partial charge in [0, 0.05) is 24.9 Å². The van der Waals surface area contributed by atoms with Gasteiger partial charge in [-0.1, -0.05) is 18.6 Å². The molecule has 1 aromatic carbocycles. The van der Waals surface area contributed by atoms with Crippen molar-refractivity contribution in [1.29, 1.82) is 0 Å². The van der Waals surface area contributed by atoms with E-state index in [1.54, 1.807) is 6.08 Å². The monoisotopic (exact) mass is 258 g/mol. The molecule has 1 amide bonds. The summed E-state index contributed by atoms with van der Waals surface area (Å²) in [5.74, 6) is 0.819. The van der Waals surface area contributed by atoms with Gasteiger partial charge in [-0.25, -0.2) is 0 Å². The lowest BCUT2D eigenvalue weighted by atomic mass is 9.85. The SMILES string of the molecule is CCN(CC1CCC1)C(=O)/C=C/c1ccc(N)cc1. The third kappa shape index (κ3) is 3.85. The van der Waals surface area contributed by atoms with Gasteiger partial charge in [0.05, 0.1) is 0 Å². The van der Waals surface area contributed by atoms with Gasteiger partial charge in [-0.15, -0.1) is 0 Å². The number of nitrogens with two attached hydrogens (primary N) is 1. The minimum absolute atomic E-state index is 0.103. The maximum Gasteiger partial charge on any atom is 0.246 e. The summed E-state index contributed by atoms with van der Waals surface area (Å²) < 4.78 is 0. The smallest absolute Gasteiger partial charge is 0.246 e. The van der Waals surface area contributed by atoms with Crippen LogP contribution in [-0.4, -0.2) is 23.9 Å². The average Bonchev–Trinajstić information content (AvgIpc) is 2.37. The van der Waals surface area contributed by atoms with Crippen molar-refractivity contribution in [2.45, 2.75) is 26.2 Å². The first-order valence-electron chi connectivity index (χ1n) is 7.01. The highest BCUT2D eigenvalue weighted by atomic mass is 16.2. The number of amides is 1. The quantitative estimate of drug-likeness (QED) is 0.652. The molecular weight excluding hydrogens is 236 g/mol. The van der Waals surface area contributed by atoms with Crippen LogP contribution in [0.2, 0.25) is 0 Å². The Labute approximate surface area is 115 Å². The highest BCUT2D eigenvalue weighted by Gasteiger charge is 2.21. The first kappa shape index (κ1) is 13.7. The Morgan fingerprint density at radius 1 is 1.37 bits per heavy atom. The van der Waals surface area contributed by atoms with Gasteiger partial charge in [0.25, 0.3) is 0 Å². The van der Waals surface area contributed by atoms with Gasteiger partial charge in [0.1, 0.15) is 0 Å². The summed E-state index contributed by atoms with van der Waals surface area (Å²) in [5.41, 5.74) is 7.37. The van der Waals surface area contributed by atoms with E-state index in [-0.39, 0.29) is 5.91 Å². The molecule has 1 aliphatic rings. The molecule has 1 fully saturated rings. The van der Waals surface area contributed by atoms with E-state index in [9.17, 15) is 4.79 Å². The van der Waals surface area contributed by atoms with Crippen LogP contribution in [0.4, 0.5) is 5.69 Å². The summed E-state index contributed by atoms with van der Waals surface area (Å²) in [6, 6.07) is 7.52. The first-order chi connectivity index (χ1) is 9.19. The van der Waals surface area contributed by atoms with E-state index in [4.69, 9.17) is 5.73 Å². The molecule has 1 aliphatic carbocycles. The fraction of sp³-hybridized carbons (Fsp3) is 0.438. The summed E-state index contributed by atoms with van der Waals surface area (Å²) in [5, 5.41) is 0. The summed E-state index contributed by atoms with van der Waals surface area (Å²) in [6.07, 6.45) is 7.37. The second-order valence-corrected chi connectivity index (χ2v) is 5.17. The lowest BCUT2D eigenvalue weighted by Gasteiger charge is -2.31. The number of anilines is 1. The fourth-order valence-electron chi connectivity index (χ4n) is 2.24. The molecule has 0 atom stereocenters. The number of carbonyl (C=O) groups is 1. The van der Waals surface area contributed by atoms with Crippen molar-refractivity contribution >= 4 is 17.7 Å². The molecule has 0 spiro atoms. The zero-order chi connectivity index (χ0) is 13.7. The van der Waals surface area contributed by atoms with Crippen molar-refractivity contribution in [2.75, 3.05) is 18.8 Å². The number of hydrogen-bond donors (Lipinski definition) is 1. The summed E-state index contributed by atoms with van der Waals surface area (Å²) >= 11 is 0. The molecule has 2 N–H and O–H groups in total. The van der Waals surface area contributed by atoms with Crippen molar-refractivity contribution in [2.24, 2.45) is 5.92 Å². The molecule has 0 aromatic heterocycles. The van der Waals surface area contributed by atoms with Gasteiger partial charge in [-0.05, 0) is 49.5 Å². The van der Waals surface area contributed by atoms with Crippen LogP contribution in [-0.2, 0) is 4.79 Å². The molecule has 0 unspecified atom stereocenters. The van der Waals surface area contributed by atoms with Crippen molar-refractivity contribution in [3.05, 3.63) is 35.9 Å². The molecule has 3 heteroatoms. The fourth-order valence-corrected chi connectivity index (χ4v) is 2.24. The molecule has 0 radical (unpaired) electrons. The van der Waals surface area contributed by atoms with Gasteiger partial charge < -0.3 is 10.6 Å². The standard InChI is InChI=1S/C16H22N2O/c1-2-18(12-14-4-3-5-14)16(19)11-8-13-6-9-15(17)10-7-13/h6-11,14H,2-5,12,17H2,1H3/b11-8+. The molecule has 1 aromatic rings. The highest BCUT2D eigenvalue weighted by Crippen LogP contribution is 2.27. The van der Waals surface area contributed by atoms with Crippen LogP contribution in [0.25, 0.3) is 6.08 Å². The van der Waals surface area contributed by atoms with E-state index < -0.39 is 0 Å². The summed E-state index contributed by atoms with van der Waals surface area (Å²) in [7, 11) is 0. The predicted octanol–water partition coefficient (Wildman–Crippen LogP) is 2.93. The largest absolute Gasteiger partial charge is 0.399 e. The third-order valence-corrected chi connectivity index (χ3v) is 3.75. The van der Waals surface area contributed by atoms with Gasteiger partial charge in [0.15, 0.2) is 0 Å². The van der Waals surface area contributed by atoms with Crippen LogP contribution in [0.1, 0.15) is 31.7 Å². The lowest BCUT2D eigenvalue weighted by molar-refractivity contribution is -0.126. The van der Waals surface area contributed by atoms with E-state index in [2.05, 4.69) is 0 Å². The molecule has 2 rings (SSSR count). The summed E-state index contributed by atoms with van der Waals surface area (Å²) in [4.78, 5) is 14.0. The number of hydrogen-bond acceptors (Lipinski definition) is 2. The van der Waals surface area contributed by atoms with Crippen LogP contribution >= 0.6 is 0 Å². The Kier molecular flexibility index (Phi) is 4.61. The number of carbonyl (C=O) groups excluding carboxylic acids is 1. The zero-order valence-electron chi connectivity index (χ0n) is 11.5. The van der Waals surface area contributed by atoms with Gasteiger partial charge >= 0.3 is 0 Å². The Morgan fingerprint density at radius 2 is 2.05 bits per heavy atom. The second kappa shape index (κ2) is 6.41. The molecule has 19 heavy (non-hydrogen) atoms. The zero-order valence-corrected chi connectivity index (χ0v) is 11.5. The maximum atomic E-state index is 12.1. The molecule has 0 saturated heterocycles. The van der Waals surface area contributed by atoms with E-state index >= 15 is 0 Å². The molecule has 0 heterocycles. The van der Waals surface area contributed by atoms with E-state index in [1.165, 1.54) is 19.3 Å². The molecule has 102 valence electrons. The normalized spacial score (nSPS) is 15.4. The second-order valence-electron chi connectivity index (χ2n) is 5.17. The number of rotatable bonds is 5. The van der Waals surface area contributed by atoms with Crippen LogP contribution in [0, 0.1) is 5.92 Å². The molecule has 0 bridgehead atoms. The van der Waals surface area contributed by atoms with Crippen LogP contribution < -0.4 is 5.73 Å². The van der Waals surface area contributed by atoms with Crippen LogP contribution in [0.15, 0.2) is 30.3 Å². The van der Waals surface area contributed by atoms with E-state index in [0.717, 1.165) is 24.3 Å². The van der Waals surface area contributed by atoms with Crippen molar-refractivity contribution in [3.63, 3.8) is 0 Å². The Bertz CT molecular complexity index is 446. The van der Waals surface area contributed by atoms with E-state index in [1.807, 2.05) is 42.2 Å². The minimum atomic E-state index is 0.103. The highest BCUT2D eigenvalue weighted by molar-refractivity contribution is 5.91. The Hall–Kier alpha value is -1.77. The van der Waals surface area contributed by atoms with Crippen molar-refractivity contribution in [1.82, 2.24) is 4.90 Å². The molecule has 3 nitrogen and oxygen atoms in total. The first-order valence-corrected chi connectivity index (χ1v) is 7.01. The number of benzene rings is 1. The van der Waals surface area contributed by atoms with E-state index in [0.29, 0.717) is 5.92 Å². The lowest BCUT2D eigenvalue weighted by Crippen LogP contribution is -2.36. The average molecular weight is 258 g/mol.